The van der Waals surface area contributed by atoms with Crippen molar-refractivity contribution in [3.63, 3.8) is 0 Å². The lowest BCUT2D eigenvalue weighted by Crippen LogP contribution is -2.25. The molecular formula is C23H21F3N2O4. The van der Waals surface area contributed by atoms with Gasteiger partial charge in [0.25, 0.3) is 0 Å². The number of benzene rings is 2. The monoisotopic (exact) mass is 446 g/mol. The Balaban J connectivity index is 2.18. The summed E-state index contributed by atoms with van der Waals surface area (Å²) in [6.45, 7) is 3.02. The molecule has 32 heavy (non-hydrogen) atoms. The molecule has 0 bridgehead atoms. The Morgan fingerprint density at radius 1 is 1.28 bits per heavy atom. The van der Waals surface area contributed by atoms with Gasteiger partial charge in [-0.15, -0.1) is 13.2 Å². The molecule has 0 saturated carbocycles. The van der Waals surface area contributed by atoms with E-state index in [1.165, 1.54) is 29.2 Å². The van der Waals surface area contributed by atoms with Crippen LogP contribution in [0, 0.1) is 0 Å². The number of pyridine rings is 1. The Bertz CT molecular complexity index is 1130. The van der Waals surface area contributed by atoms with E-state index >= 15 is 0 Å². The molecule has 9 heteroatoms. The summed E-state index contributed by atoms with van der Waals surface area (Å²) in [5.41, 5.74) is 2.60. The summed E-state index contributed by atoms with van der Waals surface area (Å²) in [5, 5.41) is 20.6. The molecule has 0 aliphatic heterocycles. The van der Waals surface area contributed by atoms with E-state index in [0.717, 1.165) is 6.08 Å². The van der Waals surface area contributed by atoms with Crippen LogP contribution >= 0.6 is 0 Å². The summed E-state index contributed by atoms with van der Waals surface area (Å²) >= 11 is 0. The summed E-state index contributed by atoms with van der Waals surface area (Å²) in [6, 6.07) is 10.4. The highest BCUT2D eigenvalue weighted by atomic mass is 19.4. The first-order valence-electron chi connectivity index (χ1n) is 9.57. The van der Waals surface area contributed by atoms with Gasteiger partial charge in [-0.2, -0.15) is 0 Å². The van der Waals surface area contributed by atoms with Gasteiger partial charge in [-0.25, -0.2) is 0 Å². The Morgan fingerprint density at radius 3 is 2.56 bits per heavy atom. The number of fused-ring (bicyclic) bond motifs is 1. The van der Waals surface area contributed by atoms with Crippen molar-refractivity contribution < 1.29 is 32.9 Å². The quantitative estimate of drug-likeness (QED) is 0.537. The van der Waals surface area contributed by atoms with Crippen molar-refractivity contribution in [3.8, 4) is 16.9 Å². The number of amides is 1. The molecule has 0 saturated heterocycles. The molecule has 0 aliphatic rings. The summed E-state index contributed by atoms with van der Waals surface area (Å²) in [5.74, 6) is -0.696. The molecule has 0 spiro atoms. The molecule has 3 aromatic rings. The lowest BCUT2D eigenvalue weighted by molar-refractivity contribution is -0.274. The molecule has 2 N–H and O–H groups in total. The van der Waals surface area contributed by atoms with Crippen LogP contribution in [0.5, 0.6) is 5.75 Å². The SMILES string of the molecule is C=CC(=O)N(C)Cc1cc(-c2ccc(OC(F)(F)F)cc2)c2ncccc2c1[C@@H](O)CO. The normalized spacial score (nSPS) is 12.4. The third-order valence-corrected chi connectivity index (χ3v) is 4.88. The molecular weight excluding hydrogens is 425 g/mol. The molecule has 1 amide bonds. The highest BCUT2D eigenvalue weighted by Gasteiger charge is 2.31. The number of hydrogen-bond donors (Lipinski definition) is 2. The number of ether oxygens (including phenoxy) is 1. The van der Waals surface area contributed by atoms with Crippen molar-refractivity contribution in [2.75, 3.05) is 13.7 Å². The lowest BCUT2D eigenvalue weighted by Gasteiger charge is -2.23. The smallest absolute Gasteiger partial charge is 0.406 e. The topological polar surface area (TPSA) is 82.9 Å². The Labute approximate surface area is 182 Å². The molecule has 6 nitrogen and oxygen atoms in total. The Morgan fingerprint density at radius 2 is 1.97 bits per heavy atom. The summed E-state index contributed by atoms with van der Waals surface area (Å²) in [4.78, 5) is 17.8. The fraction of sp³-hybridized carbons (Fsp3) is 0.217. The minimum atomic E-state index is -4.80. The molecule has 1 aromatic heterocycles. The van der Waals surface area contributed by atoms with Gasteiger partial charge in [0.1, 0.15) is 11.9 Å². The number of carbonyl (C=O) groups is 1. The van der Waals surface area contributed by atoms with Gasteiger partial charge >= 0.3 is 6.36 Å². The van der Waals surface area contributed by atoms with Crippen LogP contribution in [-0.4, -0.2) is 46.0 Å². The molecule has 0 unspecified atom stereocenters. The number of likely N-dealkylation sites (N-methyl/N-ethyl adjacent to an activating group) is 1. The Kier molecular flexibility index (Phi) is 6.81. The highest BCUT2D eigenvalue weighted by Crippen LogP contribution is 2.36. The van der Waals surface area contributed by atoms with E-state index in [1.54, 1.807) is 31.4 Å². The number of nitrogens with zero attached hydrogens (tertiary/aromatic N) is 2. The fourth-order valence-corrected chi connectivity index (χ4v) is 3.49. The van der Waals surface area contributed by atoms with Crippen molar-refractivity contribution in [1.29, 1.82) is 0 Å². The van der Waals surface area contributed by atoms with Crippen LogP contribution in [0.1, 0.15) is 17.2 Å². The lowest BCUT2D eigenvalue weighted by atomic mass is 9.91. The molecule has 0 aliphatic carbocycles. The highest BCUT2D eigenvalue weighted by molar-refractivity contribution is 5.97. The number of halogens is 3. The van der Waals surface area contributed by atoms with E-state index < -0.39 is 19.1 Å². The minimum Gasteiger partial charge on any atom is -0.406 e. The predicted molar refractivity (Wildman–Crippen MR) is 113 cm³/mol. The van der Waals surface area contributed by atoms with Crippen LogP contribution in [0.25, 0.3) is 22.0 Å². The first kappa shape index (κ1) is 23.2. The van der Waals surface area contributed by atoms with Gasteiger partial charge in [-0.3, -0.25) is 9.78 Å². The Hall–Kier alpha value is -3.43. The number of alkyl halides is 3. The predicted octanol–water partition coefficient (Wildman–Crippen LogP) is 3.97. The average Bonchev–Trinajstić information content (AvgIpc) is 2.77. The number of aliphatic hydroxyl groups excluding tert-OH is 2. The molecule has 3 rings (SSSR count). The van der Waals surface area contributed by atoms with Gasteiger partial charge in [0.15, 0.2) is 0 Å². The summed E-state index contributed by atoms with van der Waals surface area (Å²) in [7, 11) is 1.56. The molecule has 0 fully saturated rings. The maximum atomic E-state index is 12.5. The number of hydrogen-bond acceptors (Lipinski definition) is 5. The second-order valence-corrected chi connectivity index (χ2v) is 7.07. The third kappa shape index (κ3) is 5.06. The van der Waals surface area contributed by atoms with Gasteiger partial charge in [0.05, 0.1) is 12.1 Å². The van der Waals surface area contributed by atoms with Crippen LogP contribution in [0.2, 0.25) is 0 Å². The fourth-order valence-electron chi connectivity index (χ4n) is 3.49. The third-order valence-electron chi connectivity index (χ3n) is 4.88. The second-order valence-electron chi connectivity index (χ2n) is 7.07. The zero-order chi connectivity index (χ0) is 23.5. The second kappa shape index (κ2) is 9.37. The van der Waals surface area contributed by atoms with E-state index in [4.69, 9.17) is 0 Å². The van der Waals surface area contributed by atoms with Gasteiger partial charge in [0, 0.05) is 30.7 Å². The first-order valence-corrected chi connectivity index (χ1v) is 9.57. The number of rotatable bonds is 7. The number of aromatic nitrogens is 1. The van der Waals surface area contributed by atoms with Gasteiger partial charge < -0.3 is 19.8 Å². The number of aliphatic hydroxyl groups is 2. The minimum absolute atomic E-state index is 0.102. The summed E-state index contributed by atoms with van der Waals surface area (Å²) in [6.07, 6.45) is -3.31. The van der Waals surface area contributed by atoms with Crippen molar-refractivity contribution in [1.82, 2.24) is 9.88 Å². The van der Waals surface area contributed by atoms with Crippen molar-refractivity contribution in [2.45, 2.75) is 19.0 Å². The van der Waals surface area contributed by atoms with E-state index in [9.17, 15) is 28.2 Å². The van der Waals surface area contributed by atoms with E-state index in [0.29, 0.717) is 33.2 Å². The first-order chi connectivity index (χ1) is 15.1. The van der Waals surface area contributed by atoms with Crippen LogP contribution in [-0.2, 0) is 11.3 Å². The van der Waals surface area contributed by atoms with Gasteiger partial charge in [-0.1, -0.05) is 24.8 Å². The number of carbonyl (C=O) groups excluding carboxylic acids is 1. The van der Waals surface area contributed by atoms with Gasteiger partial charge in [-0.05, 0) is 47.0 Å². The van der Waals surface area contributed by atoms with Crippen LogP contribution in [0.15, 0.2) is 61.3 Å². The van der Waals surface area contributed by atoms with Crippen LogP contribution in [0.4, 0.5) is 13.2 Å². The van der Waals surface area contributed by atoms with Gasteiger partial charge in [0.2, 0.25) is 5.91 Å². The summed E-state index contributed by atoms with van der Waals surface area (Å²) < 4.78 is 41.4. The van der Waals surface area contributed by atoms with E-state index in [-0.39, 0.29) is 18.2 Å². The molecule has 1 heterocycles. The van der Waals surface area contributed by atoms with Crippen molar-refractivity contribution in [3.05, 3.63) is 72.4 Å². The maximum absolute atomic E-state index is 12.5. The van der Waals surface area contributed by atoms with Crippen molar-refractivity contribution in [2.24, 2.45) is 0 Å². The standard InChI is InChI=1S/C23H21F3N2O4/c1-3-20(31)28(2)12-15-11-18(14-6-8-16(9-7-14)32-23(24,25)26)22-17(5-4-10-27-22)21(15)19(30)13-29/h3-11,19,29-30H,1,12-13H2,2H3/t19-/m0/s1. The van der Waals surface area contributed by atoms with E-state index in [2.05, 4.69) is 16.3 Å². The van der Waals surface area contributed by atoms with Crippen LogP contribution in [0.3, 0.4) is 0 Å². The zero-order valence-electron chi connectivity index (χ0n) is 17.1. The molecule has 2 aromatic carbocycles. The van der Waals surface area contributed by atoms with Crippen molar-refractivity contribution >= 4 is 16.8 Å². The van der Waals surface area contributed by atoms with Crippen LogP contribution < -0.4 is 4.74 Å². The average molecular weight is 446 g/mol. The molecule has 168 valence electrons. The maximum Gasteiger partial charge on any atom is 0.573 e. The molecule has 1 atom stereocenters. The zero-order valence-corrected chi connectivity index (χ0v) is 17.1. The molecule has 0 radical (unpaired) electrons. The van der Waals surface area contributed by atoms with E-state index in [1.807, 2.05) is 0 Å². The largest absolute Gasteiger partial charge is 0.573 e.